The van der Waals surface area contributed by atoms with E-state index >= 15 is 0 Å². The van der Waals surface area contributed by atoms with Crippen molar-refractivity contribution in [2.75, 3.05) is 13.7 Å². The van der Waals surface area contributed by atoms with E-state index in [-0.39, 0.29) is 0 Å². The second kappa shape index (κ2) is 3.03. The summed E-state index contributed by atoms with van der Waals surface area (Å²) in [5, 5.41) is 3.23. The van der Waals surface area contributed by atoms with Gasteiger partial charge in [0.1, 0.15) is 0 Å². The highest BCUT2D eigenvalue weighted by Gasteiger charge is 2.25. The van der Waals surface area contributed by atoms with Gasteiger partial charge in [-0.15, -0.1) is 0 Å². The molecule has 1 aliphatic rings. The van der Waals surface area contributed by atoms with E-state index in [0.29, 0.717) is 11.9 Å². The normalized spacial score (nSPS) is 20.7. The minimum atomic E-state index is 0.483. The average Bonchev–Trinajstić information content (AvgIpc) is 2.88. The predicted molar refractivity (Wildman–Crippen MR) is 49.2 cm³/mol. The SMILES string of the molecule is COc1cc(C2CN2)c(Br)cn1. The zero-order valence-electron chi connectivity index (χ0n) is 6.67. The molecule has 1 N–H and O–H groups in total. The monoisotopic (exact) mass is 228 g/mol. The summed E-state index contributed by atoms with van der Waals surface area (Å²) in [5.74, 6) is 0.668. The Labute approximate surface area is 79.3 Å². The number of hydrogen-bond acceptors (Lipinski definition) is 3. The number of aromatic nitrogens is 1. The number of methoxy groups -OCH3 is 1. The summed E-state index contributed by atoms with van der Waals surface area (Å²) in [6, 6.07) is 2.44. The van der Waals surface area contributed by atoms with Crippen molar-refractivity contribution in [2.24, 2.45) is 0 Å². The molecule has 0 amide bonds. The summed E-state index contributed by atoms with van der Waals surface area (Å²) in [4.78, 5) is 4.07. The van der Waals surface area contributed by atoms with Crippen LogP contribution in [-0.4, -0.2) is 18.6 Å². The number of ether oxygens (including phenoxy) is 1. The molecule has 2 heterocycles. The molecule has 0 bridgehead atoms. The van der Waals surface area contributed by atoms with E-state index in [2.05, 4.69) is 26.2 Å². The molecule has 1 unspecified atom stereocenters. The van der Waals surface area contributed by atoms with Crippen LogP contribution in [0.25, 0.3) is 0 Å². The van der Waals surface area contributed by atoms with Gasteiger partial charge in [0, 0.05) is 29.3 Å². The van der Waals surface area contributed by atoms with Gasteiger partial charge in [-0.25, -0.2) is 4.98 Å². The molecule has 4 heteroatoms. The van der Waals surface area contributed by atoms with Crippen molar-refractivity contribution < 1.29 is 4.74 Å². The first kappa shape index (κ1) is 8.01. The van der Waals surface area contributed by atoms with Gasteiger partial charge in [0.25, 0.3) is 0 Å². The molecule has 0 radical (unpaired) electrons. The lowest BCUT2D eigenvalue weighted by atomic mass is 10.2. The molecular formula is C8H9BrN2O. The van der Waals surface area contributed by atoms with E-state index in [1.807, 2.05) is 6.07 Å². The molecule has 0 spiro atoms. The van der Waals surface area contributed by atoms with Gasteiger partial charge in [-0.05, 0) is 21.5 Å². The Hall–Kier alpha value is -0.610. The van der Waals surface area contributed by atoms with E-state index in [1.165, 1.54) is 5.56 Å². The Kier molecular flexibility index (Phi) is 2.02. The number of halogens is 1. The van der Waals surface area contributed by atoms with Gasteiger partial charge in [0.2, 0.25) is 5.88 Å². The van der Waals surface area contributed by atoms with E-state index in [4.69, 9.17) is 4.74 Å². The molecule has 0 aliphatic carbocycles. The first-order valence-electron chi connectivity index (χ1n) is 3.74. The number of rotatable bonds is 2. The van der Waals surface area contributed by atoms with E-state index < -0.39 is 0 Å². The molecule has 1 fully saturated rings. The van der Waals surface area contributed by atoms with Crippen LogP contribution in [-0.2, 0) is 0 Å². The first-order valence-corrected chi connectivity index (χ1v) is 4.53. The summed E-state index contributed by atoms with van der Waals surface area (Å²) >= 11 is 3.44. The topological polar surface area (TPSA) is 44.1 Å². The minimum absolute atomic E-state index is 0.483. The van der Waals surface area contributed by atoms with Crippen LogP contribution >= 0.6 is 15.9 Å². The number of nitrogens with one attached hydrogen (secondary N) is 1. The molecule has 64 valence electrons. The highest BCUT2D eigenvalue weighted by atomic mass is 79.9. The maximum atomic E-state index is 5.03. The molecule has 0 aromatic carbocycles. The summed E-state index contributed by atoms with van der Waals surface area (Å²) < 4.78 is 6.07. The fraction of sp³-hybridized carbons (Fsp3) is 0.375. The van der Waals surface area contributed by atoms with Crippen molar-refractivity contribution in [3.05, 3.63) is 22.3 Å². The first-order chi connectivity index (χ1) is 5.81. The zero-order chi connectivity index (χ0) is 8.55. The Bertz CT molecular complexity index is 299. The summed E-state index contributed by atoms with van der Waals surface area (Å²) in [6.45, 7) is 1.05. The molecule has 1 atom stereocenters. The van der Waals surface area contributed by atoms with Crippen LogP contribution in [0.5, 0.6) is 5.88 Å². The van der Waals surface area contributed by atoms with Crippen molar-refractivity contribution in [3.63, 3.8) is 0 Å². The van der Waals surface area contributed by atoms with Crippen molar-refractivity contribution in [2.45, 2.75) is 6.04 Å². The van der Waals surface area contributed by atoms with E-state index in [1.54, 1.807) is 13.3 Å². The van der Waals surface area contributed by atoms with Crippen LogP contribution in [0.2, 0.25) is 0 Å². The van der Waals surface area contributed by atoms with Crippen molar-refractivity contribution in [1.82, 2.24) is 10.3 Å². The van der Waals surface area contributed by atoms with Gasteiger partial charge >= 0.3 is 0 Å². The number of pyridine rings is 1. The lowest BCUT2D eigenvalue weighted by Crippen LogP contribution is -1.92. The van der Waals surface area contributed by atoms with Crippen LogP contribution in [0.4, 0.5) is 0 Å². The third kappa shape index (κ3) is 1.44. The Morgan fingerprint density at radius 2 is 2.50 bits per heavy atom. The smallest absolute Gasteiger partial charge is 0.213 e. The Morgan fingerprint density at radius 1 is 1.75 bits per heavy atom. The Morgan fingerprint density at radius 3 is 3.08 bits per heavy atom. The maximum absolute atomic E-state index is 5.03. The van der Waals surface area contributed by atoms with Gasteiger partial charge < -0.3 is 10.1 Å². The van der Waals surface area contributed by atoms with E-state index in [0.717, 1.165) is 11.0 Å². The summed E-state index contributed by atoms with van der Waals surface area (Å²) in [6.07, 6.45) is 1.77. The van der Waals surface area contributed by atoms with Gasteiger partial charge in [0.15, 0.2) is 0 Å². The summed E-state index contributed by atoms with van der Waals surface area (Å²) in [5.41, 5.74) is 1.22. The zero-order valence-corrected chi connectivity index (χ0v) is 8.26. The molecule has 2 rings (SSSR count). The van der Waals surface area contributed by atoms with Gasteiger partial charge in [-0.3, -0.25) is 0 Å². The predicted octanol–water partition coefficient (Wildman–Crippen LogP) is 1.50. The highest BCUT2D eigenvalue weighted by Crippen LogP contribution is 2.30. The number of hydrogen-bond donors (Lipinski definition) is 1. The summed E-state index contributed by atoms with van der Waals surface area (Å²) in [7, 11) is 1.63. The highest BCUT2D eigenvalue weighted by molar-refractivity contribution is 9.10. The van der Waals surface area contributed by atoms with Crippen molar-refractivity contribution in [3.8, 4) is 5.88 Å². The molecule has 1 saturated heterocycles. The number of nitrogens with zero attached hydrogens (tertiary/aromatic N) is 1. The van der Waals surface area contributed by atoms with Gasteiger partial charge in [-0.1, -0.05) is 0 Å². The lowest BCUT2D eigenvalue weighted by molar-refractivity contribution is 0.397. The molecule has 1 aromatic rings. The fourth-order valence-corrected chi connectivity index (χ4v) is 1.58. The lowest BCUT2D eigenvalue weighted by Gasteiger charge is -2.03. The van der Waals surface area contributed by atoms with Crippen LogP contribution < -0.4 is 10.1 Å². The maximum Gasteiger partial charge on any atom is 0.213 e. The minimum Gasteiger partial charge on any atom is -0.481 e. The molecule has 3 nitrogen and oxygen atoms in total. The second-order valence-electron chi connectivity index (χ2n) is 2.71. The van der Waals surface area contributed by atoms with Crippen molar-refractivity contribution in [1.29, 1.82) is 0 Å². The molecular weight excluding hydrogens is 220 g/mol. The van der Waals surface area contributed by atoms with Gasteiger partial charge in [-0.2, -0.15) is 0 Å². The largest absolute Gasteiger partial charge is 0.481 e. The third-order valence-electron chi connectivity index (χ3n) is 1.85. The molecule has 12 heavy (non-hydrogen) atoms. The second-order valence-corrected chi connectivity index (χ2v) is 3.56. The quantitative estimate of drug-likeness (QED) is 0.781. The molecule has 0 saturated carbocycles. The van der Waals surface area contributed by atoms with Crippen molar-refractivity contribution >= 4 is 15.9 Å². The standard InChI is InChI=1S/C8H9BrN2O/c1-12-8-2-5(7-4-10-7)6(9)3-11-8/h2-3,7,10H,4H2,1H3. The van der Waals surface area contributed by atoms with Crippen LogP contribution in [0.15, 0.2) is 16.7 Å². The Balaban J connectivity index is 2.36. The average molecular weight is 229 g/mol. The van der Waals surface area contributed by atoms with Gasteiger partial charge in [0.05, 0.1) is 7.11 Å². The molecule has 1 aliphatic heterocycles. The van der Waals surface area contributed by atoms with E-state index in [9.17, 15) is 0 Å². The molecule has 1 aromatic heterocycles. The van der Waals surface area contributed by atoms with Crippen LogP contribution in [0, 0.1) is 0 Å². The third-order valence-corrected chi connectivity index (χ3v) is 2.52. The van der Waals surface area contributed by atoms with Crippen LogP contribution in [0.1, 0.15) is 11.6 Å². The van der Waals surface area contributed by atoms with Crippen LogP contribution in [0.3, 0.4) is 0 Å². The fourth-order valence-electron chi connectivity index (χ4n) is 1.09.